The van der Waals surface area contributed by atoms with E-state index in [1.807, 2.05) is 13.0 Å². The number of rotatable bonds is 4. The Morgan fingerprint density at radius 1 is 1.19 bits per heavy atom. The first-order valence-corrected chi connectivity index (χ1v) is 7.57. The fourth-order valence-corrected chi connectivity index (χ4v) is 2.50. The predicted molar refractivity (Wildman–Crippen MR) is 94.8 cm³/mol. The highest BCUT2D eigenvalue weighted by atomic mass is 16.6. The molecule has 0 aliphatic carbocycles. The van der Waals surface area contributed by atoms with Gasteiger partial charge in [-0.3, -0.25) is 14.9 Å². The molecule has 0 aliphatic rings. The summed E-state index contributed by atoms with van der Waals surface area (Å²) in [4.78, 5) is 34.9. The van der Waals surface area contributed by atoms with Crippen molar-refractivity contribution in [1.29, 1.82) is 0 Å². The number of carbonyl (C=O) groups is 1. The molecule has 1 amide bonds. The van der Waals surface area contributed by atoms with Crippen LogP contribution in [0.1, 0.15) is 16.1 Å². The molecule has 8 nitrogen and oxygen atoms in total. The van der Waals surface area contributed by atoms with Gasteiger partial charge in [0.25, 0.3) is 11.6 Å². The maximum atomic E-state index is 12.5. The summed E-state index contributed by atoms with van der Waals surface area (Å²) in [5, 5.41) is 14.3. The van der Waals surface area contributed by atoms with E-state index in [2.05, 4.69) is 5.32 Å². The third-order valence-electron chi connectivity index (χ3n) is 3.78. The van der Waals surface area contributed by atoms with Crippen LogP contribution < -0.4 is 15.7 Å². The van der Waals surface area contributed by atoms with Crippen LogP contribution in [0.25, 0.3) is 10.8 Å². The molecule has 0 unspecified atom stereocenters. The van der Waals surface area contributed by atoms with Crippen molar-refractivity contribution in [2.24, 2.45) is 0 Å². The number of nitrogens with one attached hydrogen (secondary N) is 1. The minimum Gasteiger partial charge on any atom is -0.495 e. The summed E-state index contributed by atoms with van der Waals surface area (Å²) < 4.78 is 10.2. The Labute approximate surface area is 147 Å². The smallest absolute Gasteiger partial charge is 0.344 e. The molecule has 0 bridgehead atoms. The first-order chi connectivity index (χ1) is 12.4. The molecule has 132 valence electrons. The summed E-state index contributed by atoms with van der Waals surface area (Å²) in [7, 11) is 1.37. The number of amides is 1. The van der Waals surface area contributed by atoms with E-state index in [9.17, 15) is 19.7 Å². The van der Waals surface area contributed by atoms with Crippen LogP contribution in [0, 0.1) is 17.0 Å². The number of hydrogen-bond donors (Lipinski definition) is 1. The fourth-order valence-electron chi connectivity index (χ4n) is 2.50. The normalized spacial score (nSPS) is 10.5. The van der Waals surface area contributed by atoms with Crippen LogP contribution in [0.4, 0.5) is 11.4 Å². The average molecular weight is 354 g/mol. The number of nitrogens with zero attached hydrogens (tertiary/aromatic N) is 1. The predicted octanol–water partition coefficient (Wildman–Crippen LogP) is 3.27. The number of aryl methyl sites for hydroxylation is 1. The first-order valence-electron chi connectivity index (χ1n) is 7.57. The van der Waals surface area contributed by atoms with Gasteiger partial charge in [-0.1, -0.05) is 17.7 Å². The van der Waals surface area contributed by atoms with Crippen molar-refractivity contribution in [1.82, 2.24) is 0 Å². The fraction of sp³-hybridized carbons (Fsp3) is 0.111. The van der Waals surface area contributed by atoms with Crippen molar-refractivity contribution in [3.8, 4) is 5.75 Å². The molecule has 8 heteroatoms. The topological polar surface area (TPSA) is 112 Å². The van der Waals surface area contributed by atoms with Gasteiger partial charge in [-0.15, -0.1) is 0 Å². The van der Waals surface area contributed by atoms with Gasteiger partial charge in [-0.05, 0) is 30.5 Å². The second kappa shape index (κ2) is 6.67. The summed E-state index contributed by atoms with van der Waals surface area (Å²) in [6.07, 6.45) is 0. The van der Waals surface area contributed by atoms with Crippen LogP contribution in [0.2, 0.25) is 0 Å². The molecular formula is C18H14N2O6. The zero-order valence-electron chi connectivity index (χ0n) is 13.9. The number of anilines is 1. The molecule has 26 heavy (non-hydrogen) atoms. The van der Waals surface area contributed by atoms with E-state index < -0.39 is 16.5 Å². The lowest BCUT2D eigenvalue weighted by Gasteiger charge is -2.09. The highest BCUT2D eigenvalue weighted by Gasteiger charge is 2.17. The SMILES string of the molecule is COc1ccc([N+](=O)[O-])cc1NC(=O)c1cc2ccc(C)cc2c(=O)o1. The quantitative estimate of drug-likeness (QED) is 0.568. The number of nitro benzene ring substituents is 1. The number of fused-ring (bicyclic) bond motifs is 1. The van der Waals surface area contributed by atoms with E-state index in [-0.39, 0.29) is 22.9 Å². The van der Waals surface area contributed by atoms with Gasteiger partial charge in [0.15, 0.2) is 5.76 Å². The van der Waals surface area contributed by atoms with Gasteiger partial charge in [0, 0.05) is 12.1 Å². The van der Waals surface area contributed by atoms with Gasteiger partial charge >= 0.3 is 5.63 Å². The highest BCUT2D eigenvalue weighted by Crippen LogP contribution is 2.29. The third kappa shape index (κ3) is 3.25. The van der Waals surface area contributed by atoms with Crippen molar-refractivity contribution in [2.75, 3.05) is 12.4 Å². The largest absolute Gasteiger partial charge is 0.495 e. The molecule has 3 rings (SSSR count). The second-order valence-electron chi connectivity index (χ2n) is 5.58. The Kier molecular flexibility index (Phi) is 4.40. The number of benzene rings is 2. The molecule has 0 atom stereocenters. The Hall–Kier alpha value is -3.68. The number of ether oxygens (including phenoxy) is 1. The lowest BCUT2D eigenvalue weighted by molar-refractivity contribution is -0.384. The Bertz CT molecular complexity index is 1090. The van der Waals surface area contributed by atoms with Crippen molar-refractivity contribution in [3.63, 3.8) is 0 Å². The van der Waals surface area contributed by atoms with Crippen molar-refractivity contribution < 1.29 is 18.9 Å². The van der Waals surface area contributed by atoms with Crippen LogP contribution >= 0.6 is 0 Å². The number of hydrogen-bond acceptors (Lipinski definition) is 6. The van der Waals surface area contributed by atoms with Gasteiger partial charge in [0.05, 0.1) is 23.1 Å². The van der Waals surface area contributed by atoms with Crippen LogP contribution in [-0.2, 0) is 0 Å². The molecule has 3 aromatic rings. The van der Waals surface area contributed by atoms with Gasteiger partial charge in [0.1, 0.15) is 5.75 Å². The van der Waals surface area contributed by atoms with Crippen molar-refractivity contribution >= 4 is 28.1 Å². The van der Waals surface area contributed by atoms with E-state index in [1.165, 1.54) is 31.4 Å². The molecule has 0 spiro atoms. The molecule has 1 heterocycles. The summed E-state index contributed by atoms with van der Waals surface area (Å²) in [6, 6.07) is 10.4. The maximum absolute atomic E-state index is 12.5. The Balaban J connectivity index is 1.99. The molecule has 0 fully saturated rings. The average Bonchev–Trinajstić information content (AvgIpc) is 2.62. The Morgan fingerprint density at radius 2 is 1.96 bits per heavy atom. The zero-order chi connectivity index (χ0) is 18.8. The number of non-ortho nitro benzene ring substituents is 1. The van der Waals surface area contributed by atoms with Crippen molar-refractivity contribution in [3.05, 3.63) is 74.3 Å². The molecule has 0 saturated heterocycles. The first kappa shape index (κ1) is 17.2. The van der Waals surface area contributed by atoms with E-state index in [1.54, 1.807) is 12.1 Å². The molecule has 0 aliphatic heterocycles. The minimum absolute atomic E-state index is 0.0957. The molecule has 0 saturated carbocycles. The van der Waals surface area contributed by atoms with Crippen LogP contribution in [0.15, 0.2) is 51.7 Å². The van der Waals surface area contributed by atoms with E-state index in [0.717, 1.165) is 5.56 Å². The summed E-state index contributed by atoms with van der Waals surface area (Å²) in [5.74, 6) is -0.689. The standard InChI is InChI=1S/C18H14N2O6/c1-10-3-4-11-8-16(26-18(22)13(11)7-10)17(21)19-14-9-12(20(23)24)5-6-15(14)25-2/h3-9H,1-2H3,(H,19,21). The van der Waals surface area contributed by atoms with Crippen molar-refractivity contribution in [2.45, 2.75) is 6.92 Å². The third-order valence-corrected chi connectivity index (χ3v) is 3.78. The number of carbonyl (C=O) groups excluding carboxylic acids is 1. The van der Waals surface area contributed by atoms with Gasteiger partial charge in [-0.25, -0.2) is 4.79 Å². The Morgan fingerprint density at radius 3 is 2.65 bits per heavy atom. The highest BCUT2D eigenvalue weighted by molar-refractivity contribution is 6.04. The van der Waals surface area contributed by atoms with E-state index in [0.29, 0.717) is 10.8 Å². The molecular weight excluding hydrogens is 340 g/mol. The second-order valence-corrected chi connectivity index (χ2v) is 5.58. The monoisotopic (exact) mass is 354 g/mol. The molecule has 0 radical (unpaired) electrons. The number of methoxy groups -OCH3 is 1. The lowest BCUT2D eigenvalue weighted by Crippen LogP contribution is -2.15. The number of nitro groups is 1. The summed E-state index contributed by atoms with van der Waals surface area (Å²) in [5.41, 5.74) is 0.139. The zero-order valence-corrected chi connectivity index (χ0v) is 13.9. The van der Waals surface area contributed by atoms with Gasteiger partial charge in [0.2, 0.25) is 0 Å². The van der Waals surface area contributed by atoms with Gasteiger partial charge in [-0.2, -0.15) is 0 Å². The van der Waals surface area contributed by atoms with Crippen LogP contribution in [0.3, 0.4) is 0 Å². The van der Waals surface area contributed by atoms with Crippen LogP contribution in [0.5, 0.6) is 5.75 Å². The maximum Gasteiger partial charge on any atom is 0.344 e. The van der Waals surface area contributed by atoms with Crippen LogP contribution in [-0.4, -0.2) is 17.9 Å². The lowest BCUT2D eigenvalue weighted by atomic mass is 10.1. The van der Waals surface area contributed by atoms with E-state index >= 15 is 0 Å². The summed E-state index contributed by atoms with van der Waals surface area (Å²) >= 11 is 0. The minimum atomic E-state index is -0.719. The van der Waals surface area contributed by atoms with Gasteiger partial charge < -0.3 is 14.5 Å². The summed E-state index contributed by atoms with van der Waals surface area (Å²) in [6.45, 7) is 1.84. The molecule has 1 aromatic heterocycles. The van der Waals surface area contributed by atoms with E-state index in [4.69, 9.17) is 9.15 Å². The molecule has 1 N–H and O–H groups in total. The molecule has 2 aromatic carbocycles.